The molecule has 76 valence electrons. The summed E-state index contributed by atoms with van der Waals surface area (Å²) >= 11 is 2.04. The maximum absolute atomic E-state index is 4.85. The third-order valence-electron chi connectivity index (χ3n) is 2.03. The molecule has 0 bridgehead atoms. The molecule has 1 aliphatic rings. The van der Waals surface area contributed by atoms with Crippen LogP contribution in [0.15, 0.2) is 5.16 Å². The van der Waals surface area contributed by atoms with E-state index in [1.165, 1.54) is 5.71 Å². The zero-order valence-electron chi connectivity index (χ0n) is 9.18. The number of oxime groups is 1. The highest BCUT2D eigenvalue weighted by Gasteiger charge is 2.37. The summed E-state index contributed by atoms with van der Waals surface area (Å²) in [6.45, 7) is 9.07. The molecule has 1 aliphatic heterocycles. The maximum Gasteiger partial charge on any atom is 0.106 e. The normalized spacial score (nSPS) is 25.5. The lowest BCUT2D eigenvalue weighted by Gasteiger charge is -2.40. The van der Waals surface area contributed by atoms with Crippen molar-refractivity contribution in [2.24, 2.45) is 5.16 Å². The van der Waals surface area contributed by atoms with E-state index in [0.717, 1.165) is 12.8 Å². The molecule has 1 fully saturated rings. The van der Waals surface area contributed by atoms with Crippen molar-refractivity contribution < 1.29 is 4.84 Å². The zero-order valence-corrected chi connectivity index (χ0v) is 9.99. The van der Waals surface area contributed by atoms with E-state index in [-0.39, 0.29) is 0 Å². The highest BCUT2D eigenvalue weighted by Crippen LogP contribution is 2.45. The van der Waals surface area contributed by atoms with Crippen molar-refractivity contribution in [2.45, 2.75) is 50.0 Å². The van der Waals surface area contributed by atoms with Crippen molar-refractivity contribution in [1.29, 1.82) is 0 Å². The Morgan fingerprint density at radius 1 is 1.15 bits per heavy atom. The second-order valence-electron chi connectivity index (χ2n) is 4.82. The van der Waals surface area contributed by atoms with Crippen LogP contribution >= 0.6 is 11.8 Å². The molecule has 0 unspecified atom stereocenters. The number of nitrogens with zero attached hydrogens (tertiary/aromatic N) is 1. The summed E-state index contributed by atoms with van der Waals surface area (Å²) in [5.74, 6) is 0. The van der Waals surface area contributed by atoms with Gasteiger partial charge in [0.2, 0.25) is 0 Å². The minimum Gasteiger partial charge on any atom is -0.399 e. The quantitative estimate of drug-likeness (QED) is 0.608. The lowest BCUT2D eigenvalue weighted by atomic mass is 9.96. The number of rotatable bonds is 1. The van der Waals surface area contributed by atoms with E-state index in [4.69, 9.17) is 4.84 Å². The summed E-state index contributed by atoms with van der Waals surface area (Å²) < 4.78 is 0.582. The van der Waals surface area contributed by atoms with Crippen LogP contribution in [-0.4, -0.2) is 22.3 Å². The Hall–Kier alpha value is -0.180. The monoisotopic (exact) mass is 201 g/mol. The first-order valence-corrected chi connectivity index (χ1v) is 5.45. The Labute approximate surface area is 85.1 Å². The van der Waals surface area contributed by atoms with Crippen molar-refractivity contribution in [3.63, 3.8) is 0 Å². The molecule has 0 radical (unpaired) electrons. The van der Waals surface area contributed by atoms with Gasteiger partial charge in [0.25, 0.3) is 0 Å². The standard InChI is InChI=1S/C10H19NOS/c1-9(2)6-8(11-12-5)7-10(3,4)13-9/h6-7H2,1-5H3. The molecule has 2 nitrogen and oxygen atoms in total. The average molecular weight is 201 g/mol. The van der Waals surface area contributed by atoms with E-state index in [1.54, 1.807) is 7.11 Å². The van der Waals surface area contributed by atoms with Gasteiger partial charge in [-0.1, -0.05) is 32.9 Å². The molecular formula is C10H19NOS. The Bertz CT molecular complexity index is 203. The van der Waals surface area contributed by atoms with Crippen LogP contribution in [0, 0.1) is 0 Å². The first kappa shape index (κ1) is 10.9. The average Bonchev–Trinajstić information content (AvgIpc) is 1.78. The Kier molecular flexibility index (Phi) is 2.95. The van der Waals surface area contributed by atoms with Gasteiger partial charge in [-0.25, -0.2) is 0 Å². The van der Waals surface area contributed by atoms with Crippen LogP contribution in [0.3, 0.4) is 0 Å². The number of thioether (sulfide) groups is 1. The molecule has 0 amide bonds. The van der Waals surface area contributed by atoms with Crippen LogP contribution in [0.5, 0.6) is 0 Å². The molecule has 0 aliphatic carbocycles. The van der Waals surface area contributed by atoms with Gasteiger partial charge in [-0.3, -0.25) is 0 Å². The first-order chi connectivity index (χ1) is 5.85. The van der Waals surface area contributed by atoms with Crippen LogP contribution in [0.2, 0.25) is 0 Å². The molecular weight excluding hydrogens is 182 g/mol. The highest BCUT2D eigenvalue weighted by atomic mass is 32.2. The highest BCUT2D eigenvalue weighted by molar-refractivity contribution is 8.02. The summed E-state index contributed by atoms with van der Waals surface area (Å²) in [6.07, 6.45) is 2.07. The van der Waals surface area contributed by atoms with E-state index in [9.17, 15) is 0 Å². The van der Waals surface area contributed by atoms with E-state index in [2.05, 4.69) is 32.9 Å². The van der Waals surface area contributed by atoms with Gasteiger partial charge < -0.3 is 4.84 Å². The van der Waals surface area contributed by atoms with Crippen molar-refractivity contribution >= 4 is 17.5 Å². The minimum atomic E-state index is 0.291. The predicted octanol–water partition coefficient (Wildman–Crippen LogP) is 3.07. The van der Waals surface area contributed by atoms with Gasteiger partial charge in [-0.15, -0.1) is 11.8 Å². The molecule has 0 aromatic carbocycles. The molecule has 0 saturated carbocycles. The molecule has 0 aromatic rings. The Morgan fingerprint density at radius 2 is 1.62 bits per heavy atom. The van der Waals surface area contributed by atoms with Gasteiger partial charge in [-0.2, -0.15) is 0 Å². The van der Waals surface area contributed by atoms with Crippen LogP contribution in [0.4, 0.5) is 0 Å². The zero-order chi connectivity index (χ0) is 10.1. The molecule has 3 heteroatoms. The smallest absolute Gasteiger partial charge is 0.106 e. The molecule has 0 atom stereocenters. The lowest BCUT2D eigenvalue weighted by Crippen LogP contribution is -2.37. The van der Waals surface area contributed by atoms with Crippen LogP contribution in [-0.2, 0) is 4.84 Å². The predicted molar refractivity (Wildman–Crippen MR) is 59.4 cm³/mol. The van der Waals surface area contributed by atoms with Gasteiger partial charge in [0.05, 0.1) is 5.71 Å². The number of hydrogen-bond donors (Lipinski definition) is 0. The van der Waals surface area contributed by atoms with Crippen molar-refractivity contribution in [3.8, 4) is 0 Å². The largest absolute Gasteiger partial charge is 0.399 e. The summed E-state index contributed by atoms with van der Waals surface area (Å²) in [7, 11) is 1.62. The summed E-state index contributed by atoms with van der Waals surface area (Å²) in [6, 6.07) is 0. The second kappa shape index (κ2) is 3.52. The topological polar surface area (TPSA) is 21.6 Å². The molecule has 0 aromatic heterocycles. The number of hydrogen-bond acceptors (Lipinski definition) is 3. The van der Waals surface area contributed by atoms with E-state index >= 15 is 0 Å². The lowest BCUT2D eigenvalue weighted by molar-refractivity contribution is 0.210. The Balaban J connectivity index is 2.78. The fraction of sp³-hybridized carbons (Fsp3) is 0.900. The summed E-state index contributed by atoms with van der Waals surface area (Å²) in [5.41, 5.74) is 1.19. The second-order valence-corrected chi connectivity index (χ2v) is 7.23. The SMILES string of the molecule is CON=C1CC(C)(C)SC(C)(C)C1. The van der Waals surface area contributed by atoms with Crippen molar-refractivity contribution in [3.05, 3.63) is 0 Å². The summed E-state index contributed by atoms with van der Waals surface area (Å²) in [4.78, 5) is 4.85. The van der Waals surface area contributed by atoms with Crippen LogP contribution in [0.1, 0.15) is 40.5 Å². The van der Waals surface area contributed by atoms with Gasteiger partial charge in [0, 0.05) is 22.3 Å². The fourth-order valence-electron chi connectivity index (χ4n) is 2.06. The van der Waals surface area contributed by atoms with Crippen molar-refractivity contribution in [2.75, 3.05) is 7.11 Å². The summed E-state index contributed by atoms with van der Waals surface area (Å²) in [5, 5.41) is 4.08. The Morgan fingerprint density at radius 3 is 2.00 bits per heavy atom. The molecule has 0 spiro atoms. The minimum absolute atomic E-state index is 0.291. The third kappa shape index (κ3) is 3.22. The molecule has 0 N–H and O–H groups in total. The molecule has 1 saturated heterocycles. The third-order valence-corrected chi connectivity index (χ3v) is 3.43. The molecule has 13 heavy (non-hydrogen) atoms. The van der Waals surface area contributed by atoms with E-state index in [1.807, 2.05) is 11.8 Å². The van der Waals surface area contributed by atoms with E-state index < -0.39 is 0 Å². The van der Waals surface area contributed by atoms with Crippen molar-refractivity contribution in [1.82, 2.24) is 0 Å². The van der Waals surface area contributed by atoms with Crippen LogP contribution < -0.4 is 0 Å². The van der Waals surface area contributed by atoms with Gasteiger partial charge in [0.1, 0.15) is 7.11 Å². The van der Waals surface area contributed by atoms with Crippen LogP contribution in [0.25, 0.3) is 0 Å². The molecule has 1 heterocycles. The maximum atomic E-state index is 4.85. The fourth-order valence-corrected chi connectivity index (χ4v) is 4.03. The van der Waals surface area contributed by atoms with Gasteiger partial charge >= 0.3 is 0 Å². The van der Waals surface area contributed by atoms with E-state index in [0.29, 0.717) is 9.49 Å². The van der Waals surface area contributed by atoms with Gasteiger partial charge in [0.15, 0.2) is 0 Å². The van der Waals surface area contributed by atoms with Gasteiger partial charge in [-0.05, 0) is 0 Å². The molecule has 1 rings (SSSR count). The first-order valence-electron chi connectivity index (χ1n) is 4.64.